The van der Waals surface area contributed by atoms with Gasteiger partial charge < -0.3 is 11.1 Å². The van der Waals surface area contributed by atoms with Crippen LogP contribution in [0, 0.1) is 0 Å². The van der Waals surface area contributed by atoms with Crippen molar-refractivity contribution in [1.29, 1.82) is 0 Å². The monoisotopic (exact) mass is 235 g/mol. The van der Waals surface area contributed by atoms with Crippen LogP contribution in [0.25, 0.3) is 10.9 Å². The van der Waals surface area contributed by atoms with Crippen LogP contribution in [0.2, 0.25) is 0 Å². The highest BCUT2D eigenvalue weighted by Gasteiger charge is 2.01. The molecule has 3 nitrogen and oxygen atoms in total. The molecule has 0 aliphatic heterocycles. The number of benzene rings is 2. The number of pyridine rings is 1. The Hall–Kier alpha value is -2.55. The Labute approximate surface area is 105 Å². The van der Waals surface area contributed by atoms with E-state index in [0.29, 0.717) is 0 Å². The quantitative estimate of drug-likeness (QED) is 0.668. The van der Waals surface area contributed by atoms with Gasteiger partial charge in [0, 0.05) is 28.6 Å². The van der Waals surface area contributed by atoms with E-state index in [9.17, 15) is 0 Å². The summed E-state index contributed by atoms with van der Waals surface area (Å²) in [5.41, 5.74) is 9.48. The lowest BCUT2D eigenvalue weighted by Crippen LogP contribution is -1.92. The molecule has 3 aromatic rings. The summed E-state index contributed by atoms with van der Waals surface area (Å²) in [5.74, 6) is 0. The fourth-order valence-corrected chi connectivity index (χ4v) is 1.93. The molecular weight excluding hydrogens is 222 g/mol. The van der Waals surface area contributed by atoms with E-state index in [4.69, 9.17) is 5.73 Å². The number of nitrogens with zero attached hydrogens (tertiary/aromatic N) is 1. The molecule has 3 N–H and O–H groups in total. The molecule has 0 spiro atoms. The molecule has 1 aromatic heterocycles. The molecule has 0 atom stereocenters. The normalized spacial score (nSPS) is 10.4. The molecule has 0 unspecified atom stereocenters. The van der Waals surface area contributed by atoms with E-state index in [1.54, 1.807) is 6.20 Å². The third kappa shape index (κ3) is 1.98. The molecule has 0 saturated heterocycles. The van der Waals surface area contributed by atoms with Gasteiger partial charge in [0.25, 0.3) is 0 Å². The van der Waals surface area contributed by atoms with Crippen LogP contribution in [0.1, 0.15) is 0 Å². The lowest BCUT2D eigenvalue weighted by atomic mass is 10.1. The van der Waals surface area contributed by atoms with E-state index in [-0.39, 0.29) is 0 Å². The Balaban J connectivity index is 2.02. The van der Waals surface area contributed by atoms with Crippen molar-refractivity contribution >= 4 is 28.0 Å². The SMILES string of the molecule is Nc1ccc(Nc2cccc3ncccc23)cc1. The number of nitrogens with one attached hydrogen (secondary N) is 1. The number of hydrogen-bond donors (Lipinski definition) is 2. The summed E-state index contributed by atoms with van der Waals surface area (Å²) >= 11 is 0. The number of nitrogen functional groups attached to an aromatic ring is 1. The lowest BCUT2D eigenvalue weighted by molar-refractivity contribution is 1.41. The third-order valence-electron chi connectivity index (χ3n) is 2.84. The second-order valence-corrected chi connectivity index (χ2v) is 4.12. The van der Waals surface area contributed by atoms with Crippen molar-refractivity contribution in [3.8, 4) is 0 Å². The zero-order valence-corrected chi connectivity index (χ0v) is 9.80. The van der Waals surface area contributed by atoms with Gasteiger partial charge in [-0.3, -0.25) is 4.98 Å². The van der Waals surface area contributed by atoms with Gasteiger partial charge in [-0.15, -0.1) is 0 Å². The minimum absolute atomic E-state index is 0.764. The van der Waals surface area contributed by atoms with E-state index in [2.05, 4.69) is 16.4 Å². The summed E-state index contributed by atoms with van der Waals surface area (Å²) in [6, 6.07) is 17.7. The number of hydrogen-bond acceptors (Lipinski definition) is 3. The van der Waals surface area contributed by atoms with Gasteiger partial charge in [0.1, 0.15) is 0 Å². The molecular formula is C15H13N3. The zero-order chi connectivity index (χ0) is 12.4. The van der Waals surface area contributed by atoms with Gasteiger partial charge in [-0.2, -0.15) is 0 Å². The van der Waals surface area contributed by atoms with Crippen LogP contribution in [0.15, 0.2) is 60.8 Å². The van der Waals surface area contributed by atoms with E-state index in [0.717, 1.165) is 28.0 Å². The molecule has 0 saturated carbocycles. The predicted octanol–water partition coefficient (Wildman–Crippen LogP) is 3.56. The fourth-order valence-electron chi connectivity index (χ4n) is 1.93. The standard InChI is InChI=1S/C15H13N3/c16-11-6-8-12(9-7-11)18-15-5-1-4-14-13(15)3-2-10-17-14/h1-10,18H,16H2. The molecule has 0 aliphatic rings. The highest BCUT2D eigenvalue weighted by atomic mass is 14.9. The molecule has 2 aromatic carbocycles. The van der Waals surface area contributed by atoms with Crippen molar-refractivity contribution in [2.45, 2.75) is 0 Å². The molecule has 1 heterocycles. The molecule has 88 valence electrons. The summed E-state index contributed by atoms with van der Waals surface area (Å²) in [6.45, 7) is 0. The second-order valence-electron chi connectivity index (χ2n) is 4.12. The van der Waals surface area contributed by atoms with Crippen LogP contribution in [-0.4, -0.2) is 4.98 Å². The molecule has 0 fully saturated rings. The first-order chi connectivity index (χ1) is 8.83. The fraction of sp³-hybridized carbons (Fsp3) is 0. The summed E-state index contributed by atoms with van der Waals surface area (Å²) in [4.78, 5) is 4.34. The Morgan fingerprint density at radius 3 is 2.56 bits per heavy atom. The maximum absolute atomic E-state index is 5.67. The maximum atomic E-state index is 5.67. The van der Waals surface area contributed by atoms with Crippen LogP contribution in [-0.2, 0) is 0 Å². The highest BCUT2D eigenvalue weighted by molar-refractivity contribution is 5.92. The number of nitrogens with two attached hydrogens (primary N) is 1. The van der Waals surface area contributed by atoms with Crippen molar-refractivity contribution in [2.75, 3.05) is 11.1 Å². The molecule has 0 amide bonds. The van der Waals surface area contributed by atoms with E-state index >= 15 is 0 Å². The molecule has 3 rings (SSSR count). The number of rotatable bonds is 2. The molecule has 0 aliphatic carbocycles. The highest BCUT2D eigenvalue weighted by Crippen LogP contribution is 2.25. The smallest absolute Gasteiger partial charge is 0.0722 e. The Morgan fingerprint density at radius 2 is 1.72 bits per heavy atom. The number of fused-ring (bicyclic) bond motifs is 1. The van der Waals surface area contributed by atoms with Crippen molar-refractivity contribution in [3.63, 3.8) is 0 Å². The van der Waals surface area contributed by atoms with E-state index in [1.807, 2.05) is 48.5 Å². The Bertz CT molecular complexity index is 669. The first-order valence-electron chi connectivity index (χ1n) is 5.79. The van der Waals surface area contributed by atoms with Crippen LogP contribution >= 0.6 is 0 Å². The first-order valence-corrected chi connectivity index (χ1v) is 5.79. The number of aromatic nitrogens is 1. The van der Waals surface area contributed by atoms with Gasteiger partial charge in [0.05, 0.1) is 5.52 Å². The van der Waals surface area contributed by atoms with Crippen molar-refractivity contribution < 1.29 is 0 Å². The minimum Gasteiger partial charge on any atom is -0.399 e. The number of anilines is 3. The maximum Gasteiger partial charge on any atom is 0.0722 e. The summed E-state index contributed by atoms with van der Waals surface area (Å²) in [6.07, 6.45) is 1.80. The molecule has 0 radical (unpaired) electrons. The molecule has 18 heavy (non-hydrogen) atoms. The van der Waals surface area contributed by atoms with Crippen LogP contribution in [0.3, 0.4) is 0 Å². The van der Waals surface area contributed by atoms with Gasteiger partial charge in [0.2, 0.25) is 0 Å². The minimum atomic E-state index is 0.764. The average Bonchev–Trinajstić information content (AvgIpc) is 2.42. The van der Waals surface area contributed by atoms with Gasteiger partial charge >= 0.3 is 0 Å². The van der Waals surface area contributed by atoms with Crippen LogP contribution < -0.4 is 11.1 Å². The third-order valence-corrected chi connectivity index (χ3v) is 2.84. The van der Waals surface area contributed by atoms with Crippen LogP contribution in [0.4, 0.5) is 17.1 Å². The first kappa shape index (κ1) is 10.6. The summed E-state index contributed by atoms with van der Waals surface area (Å²) in [7, 11) is 0. The zero-order valence-electron chi connectivity index (χ0n) is 9.80. The molecule has 3 heteroatoms. The summed E-state index contributed by atoms with van der Waals surface area (Å²) in [5, 5.41) is 4.49. The summed E-state index contributed by atoms with van der Waals surface area (Å²) < 4.78 is 0. The van der Waals surface area contributed by atoms with Crippen molar-refractivity contribution in [1.82, 2.24) is 4.98 Å². The topological polar surface area (TPSA) is 50.9 Å². The van der Waals surface area contributed by atoms with E-state index < -0.39 is 0 Å². The predicted molar refractivity (Wildman–Crippen MR) is 75.9 cm³/mol. The van der Waals surface area contributed by atoms with Gasteiger partial charge in [-0.25, -0.2) is 0 Å². The average molecular weight is 235 g/mol. The molecule has 0 bridgehead atoms. The Kier molecular flexibility index (Phi) is 2.57. The van der Waals surface area contributed by atoms with Crippen molar-refractivity contribution in [2.24, 2.45) is 0 Å². The Morgan fingerprint density at radius 1 is 0.889 bits per heavy atom. The van der Waals surface area contributed by atoms with Gasteiger partial charge in [0.15, 0.2) is 0 Å². The van der Waals surface area contributed by atoms with Gasteiger partial charge in [-0.05, 0) is 48.5 Å². The second kappa shape index (κ2) is 4.37. The van der Waals surface area contributed by atoms with E-state index in [1.165, 1.54) is 0 Å². The van der Waals surface area contributed by atoms with Crippen LogP contribution in [0.5, 0.6) is 0 Å². The largest absolute Gasteiger partial charge is 0.399 e. The lowest BCUT2D eigenvalue weighted by Gasteiger charge is -2.09. The van der Waals surface area contributed by atoms with Crippen molar-refractivity contribution in [3.05, 3.63) is 60.8 Å². The van der Waals surface area contributed by atoms with Gasteiger partial charge in [-0.1, -0.05) is 6.07 Å².